The van der Waals surface area contributed by atoms with Crippen molar-refractivity contribution in [3.63, 3.8) is 0 Å². The molecule has 1 aromatic heterocycles. The lowest BCUT2D eigenvalue weighted by Gasteiger charge is -2.29. The van der Waals surface area contributed by atoms with Gasteiger partial charge >= 0.3 is 0 Å². The molecule has 9 heteroatoms. The lowest BCUT2D eigenvalue weighted by atomic mass is 10.0. The molecular weight excluding hydrogens is 424 g/mol. The van der Waals surface area contributed by atoms with Gasteiger partial charge in [0.15, 0.2) is 0 Å². The van der Waals surface area contributed by atoms with Crippen LogP contribution < -0.4 is 9.62 Å². The number of carbonyl (C=O) groups is 1. The van der Waals surface area contributed by atoms with Crippen molar-refractivity contribution < 1.29 is 13.2 Å². The number of fused-ring (bicyclic) bond motifs is 1. The summed E-state index contributed by atoms with van der Waals surface area (Å²) in [4.78, 5) is 23.3. The number of halogens is 1. The fraction of sp³-hybridized carbons (Fsp3) is 0.190. The first kappa shape index (κ1) is 20.3. The van der Waals surface area contributed by atoms with Gasteiger partial charge in [0.2, 0.25) is 5.95 Å². The molecule has 154 valence electrons. The van der Waals surface area contributed by atoms with Crippen LogP contribution in [0.5, 0.6) is 0 Å². The van der Waals surface area contributed by atoms with Crippen LogP contribution in [0.1, 0.15) is 27.2 Å². The van der Waals surface area contributed by atoms with Gasteiger partial charge in [0.05, 0.1) is 16.2 Å². The zero-order valence-corrected chi connectivity index (χ0v) is 17.7. The molecule has 0 radical (unpaired) electrons. The van der Waals surface area contributed by atoms with Gasteiger partial charge in [-0.25, -0.2) is 23.1 Å². The highest BCUT2D eigenvalue weighted by Gasteiger charge is 2.23. The molecule has 0 saturated carbocycles. The minimum absolute atomic E-state index is 0.0533. The van der Waals surface area contributed by atoms with Crippen LogP contribution in [0.2, 0.25) is 5.02 Å². The Bertz CT molecular complexity index is 1210. The van der Waals surface area contributed by atoms with Gasteiger partial charge in [-0.15, -0.1) is 0 Å². The molecule has 7 nitrogen and oxygen atoms in total. The number of hydrogen-bond acceptors (Lipinski definition) is 6. The van der Waals surface area contributed by atoms with Gasteiger partial charge in [-0.05, 0) is 48.7 Å². The van der Waals surface area contributed by atoms with Crippen LogP contribution in [0.3, 0.4) is 0 Å². The minimum Gasteiger partial charge on any atom is -0.336 e. The maximum absolute atomic E-state index is 12.6. The zero-order chi connectivity index (χ0) is 21.3. The Hall–Kier alpha value is -2.97. The number of benzene rings is 2. The number of rotatable bonds is 4. The van der Waals surface area contributed by atoms with E-state index in [0.717, 1.165) is 13.0 Å². The van der Waals surface area contributed by atoms with E-state index in [1.165, 1.54) is 41.6 Å². The summed E-state index contributed by atoms with van der Waals surface area (Å²) in [6, 6.07) is 13.8. The molecule has 0 atom stereocenters. The molecule has 1 amide bonds. The second-order valence-corrected chi connectivity index (χ2v) is 9.12. The molecule has 1 aliphatic rings. The standard InChI is InChI=1S/C21H19ClN4O3S/c1-14-19(20(27)25-30(28,29)18-8-6-17(22)7-9-18)12-23-21(24-14)26-11-10-15-4-2-3-5-16(15)13-26/h2-9,12H,10-11,13H2,1H3,(H,25,27). The molecule has 1 aliphatic heterocycles. The van der Waals surface area contributed by atoms with E-state index in [9.17, 15) is 13.2 Å². The number of aryl methyl sites for hydroxylation is 1. The Kier molecular flexibility index (Phi) is 5.44. The summed E-state index contributed by atoms with van der Waals surface area (Å²) in [5, 5.41) is 0.403. The predicted octanol–water partition coefficient (Wildman–Crippen LogP) is 3.12. The SMILES string of the molecule is Cc1nc(N2CCc3ccccc3C2)ncc1C(=O)NS(=O)(=O)c1ccc(Cl)cc1. The van der Waals surface area contributed by atoms with Crippen molar-refractivity contribution >= 4 is 33.5 Å². The van der Waals surface area contributed by atoms with Crippen molar-refractivity contribution in [2.24, 2.45) is 0 Å². The fourth-order valence-corrected chi connectivity index (χ4v) is 4.44. The molecule has 3 aromatic rings. The van der Waals surface area contributed by atoms with Crippen LogP contribution in [0.15, 0.2) is 59.6 Å². The van der Waals surface area contributed by atoms with E-state index in [-0.39, 0.29) is 10.5 Å². The van der Waals surface area contributed by atoms with Crippen molar-refractivity contribution in [2.75, 3.05) is 11.4 Å². The van der Waals surface area contributed by atoms with Gasteiger partial charge < -0.3 is 4.90 Å². The van der Waals surface area contributed by atoms with Crippen molar-refractivity contribution in [1.82, 2.24) is 14.7 Å². The van der Waals surface area contributed by atoms with E-state index in [0.29, 0.717) is 23.2 Å². The Morgan fingerprint density at radius 3 is 2.50 bits per heavy atom. The summed E-state index contributed by atoms with van der Waals surface area (Å²) in [7, 11) is -4.03. The fourth-order valence-electron chi connectivity index (χ4n) is 3.35. The summed E-state index contributed by atoms with van der Waals surface area (Å²) in [6.45, 7) is 3.12. The Morgan fingerprint density at radius 1 is 1.10 bits per heavy atom. The van der Waals surface area contributed by atoms with Gasteiger partial charge in [-0.2, -0.15) is 0 Å². The highest BCUT2D eigenvalue weighted by Crippen LogP contribution is 2.22. The van der Waals surface area contributed by atoms with Crippen molar-refractivity contribution in [3.05, 3.63) is 82.1 Å². The summed E-state index contributed by atoms with van der Waals surface area (Å²) < 4.78 is 26.9. The topological polar surface area (TPSA) is 92.3 Å². The average molecular weight is 443 g/mol. The maximum Gasteiger partial charge on any atom is 0.268 e. The van der Waals surface area contributed by atoms with Gasteiger partial charge in [0.25, 0.3) is 15.9 Å². The first-order valence-corrected chi connectivity index (χ1v) is 11.2. The molecular formula is C21H19ClN4O3S. The smallest absolute Gasteiger partial charge is 0.268 e. The van der Waals surface area contributed by atoms with Gasteiger partial charge in [0, 0.05) is 24.3 Å². The van der Waals surface area contributed by atoms with E-state index < -0.39 is 15.9 Å². The molecule has 0 bridgehead atoms. The highest BCUT2D eigenvalue weighted by molar-refractivity contribution is 7.90. The number of hydrogen-bond donors (Lipinski definition) is 1. The number of nitrogens with one attached hydrogen (secondary N) is 1. The largest absolute Gasteiger partial charge is 0.336 e. The Morgan fingerprint density at radius 2 is 1.80 bits per heavy atom. The third kappa shape index (κ3) is 4.15. The first-order chi connectivity index (χ1) is 14.3. The van der Waals surface area contributed by atoms with E-state index >= 15 is 0 Å². The number of aromatic nitrogens is 2. The molecule has 0 unspecified atom stereocenters. The molecule has 0 fully saturated rings. The quantitative estimate of drug-likeness (QED) is 0.667. The highest BCUT2D eigenvalue weighted by atomic mass is 35.5. The summed E-state index contributed by atoms with van der Waals surface area (Å²) in [5.41, 5.74) is 3.05. The predicted molar refractivity (Wildman–Crippen MR) is 114 cm³/mol. The van der Waals surface area contributed by atoms with Crippen LogP contribution in [0.25, 0.3) is 0 Å². The van der Waals surface area contributed by atoms with Gasteiger partial charge in [-0.3, -0.25) is 4.79 Å². The third-order valence-electron chi connectivity index (χ3n) is 4.98. The lowest BCUT2D eigenvalue weighted by molar-refractivity contribution is 0.0980. The molecule has 0 saturated heterocycles. The molecule has 0 aliphatic carbocycles. The number of anilines is 1. The van der Waals surface area contributed by atoms with E-state index in [1.807, 2.05) is 17.0 Å². The van der Waals surface area contributed by atoms with Crippen LogP contribution >= 0.6 is 11.6 Å². The number of amides is 1. The molecule has 2 aromatic carbocycles. The normalized spacial score (nSPS) is 13.6. The molecule has 4 rings (SSSR count). The maximum atomic E-state index is 12.6. The lowest BCUT2D eigenvalue weighted by Crippen LogP contribution is -2.33. The van der Waals surface area contributed by atoms with Crippen molar-refractivity contribution in [2.45, 2.75) is 24.8 Å². The monoisotopic (exact) mass is 442 g/mol. The van der Waals surface area contributed by atoms with Crippen LogP contribution in [0.4, 0.5) is 5.95 Å². The summed E-state index contributed by atoms with van der Waals surface area (Å²) in [5.74, 6) is -0.267. The van der Waals surface area contributed by atoms with E-state index in [2.05, 4.69) is 26.8 Å². The average Bonchev–Trinajstić information content (AvgIpc) is 2.73. The second-order valence-electron chi connectivity index (χ2n) is 7.00. The number of nitrogens with zero attached hydrogens (tertiary/aromatic N) is 3. The van der Waals surface area contributed by atoms with Crippen LogP contribution in [-0.2, 0) is 23.0 Å². The van der Waals surface area contributed by atoms with Crippen molar-refractivity contribution in [1.29, 1.82) is 0 Å². The molecule has 30 heavy (non-hydrogen) atoms. The third-order valence-corrected chi connectivity index (χ3v) is 6.57. The van der Waals surface area contributed by atoms with Gasteiger partial charge in [-0.1, -0.05) is 35.9 Å². The Labute approximate surface area is 179 Å². The summed E-state index contributed by atoms with van der Waals surface area (Å²) >= 11 is 5.79. The van der Waals surface area contributed by atoms with E-state index in [4.69, 9.17) is 11.6 Å². The first-order valence-electron chi connectivity index (χ1n) is 9.31. The van der Waals surface area contributed by atoms with E-state index in [1.54, 1.807) is 6.92 Å². The second kappa shape index (κ2) is 8.04. The number of carbonyl (C=O) groups excluding carboxylic acids is 1. The molecule has 2 heterocycles. The molecule has 1 N–H and O–H groups in total. The minimum atomic E-state index is -4.03. The number of sulfonamides is 1. The zero-order valence-electron chi connectivity index (χ0n) is 16.2. The molecule has 0 spiro atoms. The van der Waals surface area contributed by atoms with Crippen molar-refractivity contribution in [3.8, 4) is 0 Å². The Balaban J connectivity index is 1.52. The summed E-state index contributed by atoms with van der Waals surface area (Å²) in [6.07, 6.45) is 2.26. The van der Waals surface area contributed by atoms with Gasteiger partial charge in [0.1, 0.15) is 0 Å². The van der Waals surface area contributed by atoms with Crippen LogP contribution in [0, 0.1) is 6.92 Å². The van der Waals surface area contributed by atoms with Crippen LogP contribution in [-0.4, -0.2) is 30.8 Å².